The molecular formula is C16H21N3. The first-order chi connectivity index (χ1) is 9.33. The van der Waals surface area contributed by atoms with Crippen molar-refractivity contribution in [2.24, 2.45) is 0 Å². The number of fused-ring (bicyclic) bond motifs is 2. The van der Waals surface area contributed by atoms with Gasteiger partial charge in [0.15, 0.2) is 0 Å². The molecule has 1 aromatic carbocycles. The molecule has 0 fully saturated rings. The van der Waals surface area contributed by atoms with Crippen LogP contribution < -0.4 is 5.32 Å². The smallest absolute Gasteiger partial charge is 0.0708 e. The topological polar surface area (TPSA) is 28.2 Å². The minimum absolute atomic E-state index is 0.920. The van der Waals surface area contributed by atoms with Crippen molar-refractivity contribution in [1.29, 1.82) is 0 Å². The second kappa shape index (κ2) is 5.27. The molecule has 0 bridgehead atoms. The second-order valence-electron chi connectivity index (χ2n) is 5.18. The number of aromatic nitrogens is 1. The largest absolute Gasteiger partial charge is 0.316 e. The second-order valence-corrected chi connectivity index (χ2v) is 5.18. The van der Waals surface area contributed by atoms with Crippen molar-refractivity contribution in [2.45, 2.75) is 26.4 Å². The number of hydrogen-bond donors (Lipinski definition) is 1. The Labute approximate surface area is 114 Å². The summed E-state index contributed by atoms with van der Waals surface area (Å²) < 4.78 is 0. The minimum Gasteiger partial charge on any atom is -0.316 e. The number of rotatable bonds is 3. The first-order valence-corrected chi connectivity index (χ1v) is 7.09. The van der Waals surface area contributed by atoms with E-state index < -0.39 is 0 Å². The molecule has 0 radical (unpaired) electrons. The molecule has 3 rings (SSSR count). The van der Waals surface area contributed by atoms with Crippen LogP contribution in [0.15, 0.2) is 24.3 Å². The van der Waals surface area contributed by atoms with E-state index in [0.29, 0.717) is 0 Å². The van der Waals surface area contributed by atoms with E-state index in [0.717, 1.165) is 38.1 Å². The molecule has 1 aliphatic heterocycles. The van der Waals surface area contributed by atoms with E-state index in [4.69, 9.17) is 4.98 Å². The van der Waals surface area contributed by atoms with Crippen molar-refractivity contribution in [3.63, 3.8) is 0 Å². The maximum atomic E-state index is 4.87. The summed E-state index contributed by atoms with van der Waals surface area (Å²) in [6.07, 6.45) is 1.07. The van der Waals surface area contributed by atoms with Gasteiger partial charge in [0, 0.05) is 37.1 Å². The van der Waals surface area contributed by atoms with E-state index in [1.54, 1.807) is 0 Å². The highest BCUT2D eigenvalue weighted by molar-refractivity contribution is 5.83. The Bertz CT molecular complexity index is 592. The van der Waals surface area contributed by atoms with Gasteiger partial charge in [0.05, 0.1) is 5.52 Å². The van der Waals surface area contributed by atoms with Crippen LogP contribution in [0.5, 0.6) is 0 Å². The van der Waals surface area contributed by atoms with Crippen molar-refractivity contribution in [2.75, 3.05) is 20.1 Å². The summed E-state index contributed by atoms with van der Waals surface area (Å²) >= 11 is 0. The molecule has 0 unspecified atom stereocenters. The van der Waals surface area contributed by atoms with Gasteiger partial charge in [-0.3, -0.25) is 9.88 Å². The van der Waals surface area contributed by atoms with Crippen molar-refractivity contribution in [3.8, 4) is 0 Å². The van der Waals surface area contributed by atoms with Gasteiger partial charge in [0.25, 0.3) is 0 Å². The van der Waals surface area contributed by atoms with Gasteiger partial charge < -0.3 is 5.32 Å². The van der Waals surface area contributed by atoms with E-state index in [2.05, 4.69) is 41.4 Å². The molecule has 1 aromatic heterocycles. The van der Waals surface area contributed by atoms with Crippen LogP contribution in [0.1, 0.15) is 23.7 Å². The summed E-state index contributed by atoms with van der Waals surface area (Å²) in [7, 11) is 2.02. The predicted molar refractivity (Wildman–Crippen MR) is 79.2 cm³/mol. The fraction of sp³-hybridized carbons (Fsp3) is 0.438. The number of benzene rings is 1. The zero-order valence-electron chi connectivity index (χ0n) is 11.7. The quantitative estimate of drug-likeness (QED) is 0.912. The lowest BCUT2D eigenvalue weighted by atomic mass is 9.96. The summed E-state index contributed by atoms with van der Waals surface area (Å²) in [6, 6.07) is 8.50. The normalized spacial score (nSPS) is 15.7. The van der Waals surface area contributed by atoms with Crippen molar-refractivity contribution >= 4 is 10.9 Å². The van der Waals surface area contributed by atoms with Gasteiger partial charge in [-0.1, -0.05) is 25.1 Å². The first kappa shape index (κ1) is 12.6. The van der Waals surface area contributed by atoms with Crippen LogP contribution in [0.3, 0.4) is 0 Å². The summed E-state index contributed by atoms with van der Waals surface area (Å²) in [4.78, 5) is 7.37. The lowest BCUT2D eigenvalue weighted by molar-refractivity contribution is 0.265. The van der Waals surface area contributed by atoms with E-state index in [1.807, 2.05) is 7.05 Å². The molecule has 0 aliphatic carbocycles. The number of likely N-dealkylation sites (N-methyl/N-ethyl adjacent to an activating group) is 1. The molecule has 0 spiro atoms. The number of pyridine rings is 1. The molecule has 0 amide bonds. The monoisotopic (exact) mass is 255 g/mol. The number of para-hydroxylation sites is 1. The predicted octanol–water partition coefficient (Wildman–Crippen LogP) is 2.33. The SMILES string of the molecule is CCN1CCc2nc3ccccc3c(CNC)c2C1. The van der Waals surface area contributed by atoms with Gasteiger partial charge in [0.2, 0.25) is 0 Å². The molecular weight excluding hydrogens is 234 g/mol. The zero-order chi connectivity index (χ0) is 13.2. The molecule has 2 aromatic rings. The van der Waals surface area contributed by atoms with Crippen molar-refractivity contribution in [1.82, 2.24) is 15.2 Å². The Morgan fingerprint density at radius 1 is 1.32 bits per heavy atom. The van der Waals surface area contributed by atoms with Crippen LogP contribution in [0.25, 0.3) is 10.9 Å². The Morgan fingerprint density at radius 3 is 2.95 bits per heavy atom. The highest BCUT2D eigenvalue weighted by atomic mass is 15.1. The average molecular weight is 255 g/mol. The Balaban J connectivity index is 2.19. The van der Waals surface area contributed by atoms with Crippen LogP contribution >= 0.6 is 0 Å². The van der Waals surface area contributed by atoms with Gasteiger partial charge >= 0.3 is 0 Å². The molecule has 2 heterocycles. The van der Waals surface area contributed by atoms with Gasteiger partial charge in [-0.15, -0.1) is 0 Å². The summed E-state index contributed by atoms with van der Waals surface area (Å²) in [6.45, 7) is 6.44. The van der Waals surface area contributed by atoms with Gasteiger partial charge in [0.1, 0.15) is 0 Å². The third-order valence-corrected chi connectivity index (χ3v) is 4.04. The lowest BCUT2D eigenvalue weighted by Gasteiger charge is -2.29. The summed E-state index contributed by atoms with van der Waals surface area (Å²) in [5.41, 5.74) is 5.31. The van der Waals surface area contributed by atoms with E-state index in [9.17, 15) is 0 Å². The van der Waals surface area contributed by atoms with Crippen LogP contribution in [0, 0.1) is 0 Å². The van der Waals surface area contributed by atoms with Crippen LogP contribution in [-0.2, 0) is 19.5 Å². The zero-order valence-corrected chi connectivity index (χ0v) is 11.7. The van der Waals surface area contributed by atoms with Gasteiger partial charge in [-0.2, -0.15) is 0 Å². The Hall–Kier alpha value is -1.45. The molecule has 0 saturated heterocycles. The third kappa shape index (κ3) is 2.24. The molecule has 3 heteroatoms. The third-order valence-electron chi connectivity index (χ3n) is 4.04. The van der Waals surface area contributed by atoms with Crippen molar-refractivity contribution in [3.05, 3.63) is 41.1 Å². The number of hydrogen-bond acceptors (Lipinski definition) is 3. The molecule has 1 N–H and O–H groups in total. The molecule has 1 aliphatic rings. The van der Waals surface area contributed by atoms with Gasteiger partial charge in [-0.25, -0.2) is 0 Å². The Kier molecular flexibility index (Phi) is 3.49. The van der Waals surface area contributed by atoms with Gasteiger partial charge in [-0.05, 0) is 30.8 Å². The maximum absolute atomic E-state index is 4.87. The van der Waals surface area contributed by atoms with Crippen LogP contribution in [-0.4, -0.2) is 30.0 Å². The summed E-state index contributed by atoms with van der Waals surface area (Å²) in [5, 5.41) is 4.61. The minimum atomic E-state index is 0.920. The lowest BCUT2D eigenvalue weighted by Crippen LogP contribution is -2.32. The van der Waals surface area contributed by atoms with Crippen molar-refractivity contribution < 1.29 is 0 Å². The van der Waals surface area contributed by atoms with Crippen LogP contribution in [0.4, 0.5) is 0 Å². The fourth-order valence-electron chi connectivity index (χ4n) is 2.98. The van der Waals surface area contributed by atoms with E-state index >= 15 is 0 Å². The molecule has 3 nitrogen and oxygen atoms in total. The number of nitrogens with zero attached hydrogens (tertiary/aromatic N) is 2. The fourth-order valence-corrected chi connectivity index (χ4v) is 2.98. The Morgan fingerprint density at radius 2 is 2.16 bits per heavy atom. The average Bonchev–Trinajstić information content (AvgIpc) is 2.47. The van der Waals surface area contributed by atoms with E-state index in [1.165, 1.54) is 22.2 Å². The highest BCUT2D eigenvalue weighted by Gasteiger charge is 2.20. The molecule has 0 saturated carbocycles. The molecule has 19 heavy (non-hydrogen) atoms. The maximum Gasteiger partial charge on any atom is 0.0708 e. The molecule has 100 valence electrons. The number of nitrogens with one attached hydrogen (secondary N) is 1. The summed E-state index contributed by atoms with van der Waals surface area (Å²) in [5.74, 6) is 0. The first-order valence-electron chi connectivity index (χ1n) is 7.09. The highest BCUT2D eigenvalue weighted by Crippen LogP contribution is 2.27. The van der Waals surface area contributed by atoms with Crippen LogP contribution in [0.2, 0.25) is 0 Å². The standard InChI is InChI=1S/C16H21N3/c1-3-19-9-8-16-14(11-19)13(10-17-2)12-6-4-5-7-15(12)18-16/h4-7,17H,3,8-11H2,1-2H3. The van der Waals surface area contributed by atoms with E-state index in [-0.39, 0.29) is 0 Å². The molecule has 0 atom stereocenters.